The maximum absolute atomic E-state index is 12.4. The molecule has 26 heavy (non-hydrogen) atoms. The normalized spacial score (nSPS) is 17.5. The summed E-state index contributed by atoms with van der Waals surface area (Å²) in [5.41, 5.74) is 1.67. The van der Waals surface area contributed by atoms with Crippen LogP contribution in [0.3, 0.4) is 0 Å². The Morgan fingerprint density at radius 1 is 1.38 bits per heavy atom. The summed E-state index contributed by atoms with van der Waals surface area (Å²) in [5.74, 6) is 0.541. The number of urea groups is 1. The van der Waals surface area contributed by atoms with Crippen molar-refractivity contribution in [3.8, 4) is 5.69 Å². The summed E-state index contributed by atoms with van der Waals surface area (Å²) in [4.78, 5) is 14.1. The van der Waals surface area contributed by atoms with Crippen LogP contribution in [0.25, 0.3) is 5.69 Å². The first-order valence-corrected chi connectivity index (χ1v) is 10.7. The Kier molecular flexibility index (Phi) is 5.24. The van der Waals surface area contributed by atoms with Crippen molar-refractivity contribution in [3.05, 3.63) is 41.0 Å². The molecule has 9 heteroatoms. The highest BCUT2D eigenvalue weighted by molar-refractivity contribution is 7.90. The molecule has 1 saturated heterocycles. The molecule has 3 rings (SSSR count). The first-order chi connectivity index (χ1) is 12.2. The number of aromatic nitrogens is 2. The van der Waals surface area contributed by atoms with Crippen LogP contribution >= 0.6 is 11.6 Å². The van der Waals surface area contributed by atoms with Crippen LogP contribution in [0.4, 0.5) is 10.6 Å². The summed E-state index contributed by atoms with van der Waals surface area (Å²) in [5, 5.41) is 7.81. The Morgan fingerprint density at radius 3 is 2.85 bits per heavy atom. The van der Waals surface area contributed by atoms with Gasteiger partial charge in [-0.2, -0.15) is 0 Å². The number of carbonyl (C=O) groups is 1. The third-order valence-corrected chi connectivity index (χ3v) is 5.60. The van der Waals surface area contributed by atoms with Gasteiger partial charge in [0.1, 0.15) is 9.84 Å². The lowest BCUT2D eigenvalue weighted by Gasteiger charge is -2.16. The van der Waals surface area contributed by atoms with Gasteiger partial charge < -0.3 is 4.90 Å². The number of rotatable bonds is 4. The monoisotopic (exact) mass is 396 g/mol. The fourth-order valence-corrected chi connectivity index (χ4v) is 4.49. The fraction of sp³-hybridized carbons (Fsp3) is 0.412. The van der Waals surface area contributed by atoms with Gasteiger partial charge in [-0.3, -0.25) is 5.32 Å². The van der Waals surface area contributed by atoms with E-state index in [1.165, 1.54) is 6.26 Å². The van der Waals surface area contributed by atoms with E-state index in [0.29, 0.717) is 30.4 Å². The minimum Gasteiger partial charge on any atom is -0.324 e. The van der Waals surface area contributed by atoms with Crippen LogP contribution in [0.1, 0.15) is 12.1 Å². The van der Waals surface area contributed by atoms with Gasteiger partial charge in [0.05, 0.1) is 11.4 Å². The predicted octanol–water partition coefficient (Wildman–Crippen LogP) is 2.73. The Hall–Kier alpha value is -2.06. The quantitative estimate of drug-likeness (QED) is 0.861. The molecule has 1 fully saturated rings. The number of benzene rings is 1. The Morgan fingerprint density at radius 2 is 2.15 bits per heavy atom. The SMILES string of the molecule is Cc1cc(NC(=O)N2CCC(CS(C)(=O)=O)C2)nn1-c1cccc(Cl)c1. The van der Waals surface area contributed by atoms with E-state index in [0.717, 1.165) is 11.4 Å². The summed E-state index contributed by atoms with van der Waals surface area (Å²) in [7, 11) is -3.04. The molecule has 1 aliphatic rings. The van der Waals surface area contributed by atoms with E-state index in [2.05, 4.69) is 10.4 Å². The smallest absolute Gasteiger partial charge is 0.323 e. The lowest BCUT2D eigenvalue weighted by atomic mass is 10.2. The third kappa shape index (κ3) is 4.56. The van der Waals surface area contributed by atoms with Gasteiger partial charge in [-0.25, -0.2) is 17.9 Å². The summed E-state index contributed by atoms with van der Waals surface area (Å²) in [6, 6.07) is 8.81. The molecular weight excluding hydrogens is 376 g/mol. The van der Waals surface area contributed by atoms with Crippen LogP contribution in [0.15, 0.2) is 30.3 Å². The summed E-state index contributed by atoms with van der Waals surface area (Å²) >= 11 is 6.02. The number of amides is 2. The van der Waals surface area contributed by atoms with Crippen molar-refractivity contribution in [2.24, 2.45) is 5.92 Å². The molecule has 1 N–H and O–H groups in total. The van der Waals surface area contributed by atoms with E-state index in [9.17, 15) is 13.2 Å². The zero-order chi connectivity index (χ0) is 18.9. The Balaban J connectivity index is 1.66. The highest BCUT2D eigenvalue weighted by Crippen LogP contribution is 2.21. The molecule has 1 unspecified atom stereocenters. The number of hydrogen-bond acceptors (Lipinski definition) is 4. The van der Waals surface area contributed by atoms with E-state index in [-0.39, 0.29) is 17.7 Å². The fourth-order valence-electron chi connectivity index (χ4n) is 3.17. The lowest BCUT2D eigenvalue weighted by Crippen LogP contribution is -2.33. The maximum Gasteiger partial charge on any atom is 0.323 e. The highest BCUT2D eigenvalue weighted by atomic mass is 35.5. The molecule has 0 radical (unpaired) electrons. The van der Waals surface area contributed by atoms with Crippen LogP contribution in [0, 0.1) is 12.8 Å². The maximum atomic E-state index is 12.4. The minimum atomic E-state index is -3.04. The van der Waals surface area contributed by atoms with E-state index in [1.807, 2.05) is 19.1 Å². The van der Waals surface area contributed by atoms with Crippen molar-refractivity contribution in [3.63, 3.8) is 0 Å². The summed E-state index contributed by atoms with van der Waals surface area (Å²) in [6.07, 6.45) is 1.91. The summed E-state index contributed by atoms with van der Waals surface area (Å²) < 4.78 is 24.5. The van der Waals surface area contributed by atoms with Crippen LogP contribution < -0.4 is 5.32 Å². The molecule has 0 aliphatic carbocycles. The minimum absolute atomic E-state index is 0.0125. The second-order valence-corrected chi connectivity index (χ2v) is 9.31. The van der Waals surface area contributed by atoms with Crippen molar-refractivity contribution in [1.29, 1.82) is 0 Å². The van der Waals surface area contributed by atoms with Gasteiger partial charge in [0.25, 0.3) is 0 Å². The number of sulfone groups is 1. The van der Waals surface area contributed by atoms with Gasteiger partial charge in [-0.1, -0.05) is 17.7 Å². The second-order valence-electron chi connectivity index (χ2n) is 6.69. The molecule has 1 aromatic carbocycles. The van der Waals surface area contributed by atoms with Crippen LogP contribution in [-0.4, -0.2) is 54.2 Å². The predicted molar refractivity (Wildman–Crippen MR) is 102 cm³/mol. The van der Waals surface area contributed by atoms with Crippen LogP contribution in [-0.2, 0) is 9.84 Å². The molecule has 2 aromatic rings. The van der Waals surface area contributed by atoms with Gasteiger partial charge in [0.15, 0.2) is 5.82 Å². The van der Waals surface area contributed by atoms with E-state index < -0.39 is 9.84 Å². The zero-order valence-corrected chi connectivity index (χ0v) is 16.2. The molecular formula is C17H21ClN4O3S. The number of halogens is 1. The molecule has 2 amide bonds. The number of carbonyl (C=O) groups excluding carboxylic acids is 1. The standard InChI is InChI=1S/C17H21ClN4O3S/c1-12-8-16(20-22(12)15-5-3-4-14(18)9-15)19-17(23)21-7-6-13(10-21)11-26(2,24)25/h3-5,8-9,13H,6-7,10-11H2,1-2H3,(H,19,20,23). The molecule has 2 heterocycles. The first-order valence-electron chi connectivity index (χ1n) is 8.27. The van der Waals surface area contributed by atoms with Gasteiger partial charge in [0, 0.05) is 36.1 Å². The average Bonchev–Trinajstić information content (AvgIpc) is 3.12. The van der Waals surface area contributed by atoms with Crippen LogP contribution in [0.5, 0.6) is 0 Å². The Bertz CT molecular complexity index is 926. The van der Waals surface area contributed by atoms with Crippen LogP contribution in [0.2, 0.25) is 5.02 Å². The molecule has 1 atom stereocenters. The number of hydrogen-bond donors (Lipinski definition) is 1. The molecule has 0 saturated carbocycles. The topological polar surface area (TPSA) is 84.3 Å². The number of aryl methyl sites for hydroxylation is 1. The number of anilines is 1. The number of nitrogens with zero attached hydrogens (tertiary/aromatic N) is 3. The highest BCUT2D eigenvalue weighted by Gasteiger charge is 2.29. The molecule has 0 bridgehead atoms. The van der Waals surface area contributed by atoms with Crippen molar-refractivity contribution < 1.29 is 13.2 Å². The third-order valence-electron chi connectivity index (χ3n) is 4.29. The van der Waals surface area contributed by atoms with Gasteiger partial charge in [-0.15, -0.1) is 5.10 Å². The first kappa shape index (κ1) is 18.7. The van der Waals surface area contributed by atoms with Crippen molar-refractivity contribution in [2.75, 3.05) is 30.4 Å². The van der Waals surface area contributed by atoms with Gasteiger partial charge >= 0.3 is 6.03 Å². The number of nitrogens with one attached hydrogen (secondary N) is 1. The second kappa shape index (κ2) is 7.28. The van der Waals surface area contributed by atoms with E-state index >= 15 is 0 Å². The lowest BCUT2D eigenvalue weighted by molar-refractivity contribution is 0.221. The molecule has 140 valence electrons. The Labute approximate surface area is 157 Å². The van der Waals surface area contributed by atoms with Crippen molar-refractivity contribution >= 4 is 33.3 Å². The van der Waals surface area contributed by atoms with Crippen molar-refractivity contribution in [2.45, 2.75) is 13.3 Å². The average molecular weight is 397 g/mol. The van der Waals surface area contributed by atoms with E-state index in [4.69, 9.17) is 11.6 Å². The van der Waals surface area contributed by atoms with Gasteiger partial charge in [0.2, 0.25) is 0 Å². The molecule has 1 aliphatic heterocycles. The summed E-state index contributed by atoms with van der Waals surface area (Å²) in [6.45, 7) is 2.87. The molecule has 0 spiro atoms. The van der Waals surface area contributed by atoms with Crippen molar-refractivity contribution in [1.82, 2.24) is 14.7 Å². The molecule has 1 aromatic heterocycles. The molecule has 7 nitrogen and oxygen atoms in total. The largest absolute Gasteiger partial charge is 0.324 e. The van der Waals surface area contributed by atoms with Gasteiger partial charge in [-0.05, 0) is 37.5 Å². The van der Waals surface area contributed by atoms with E-state index in [1.54, 1.807) is 27.8 Å². The number of likely N-dealkylation sites (tertiary alicyclic amines) is 1. The zero-order valence-electron chi connectivity index (χ0n) is 14.6.